The number of aromatic nitrogens is 2. The fourth-order valence-electron chi connectivity index (χ4n) is 1.58. The van der Waals surface area contributed by atoms with E-state index in [0.29, 0.717) is 5.82 Å². The lowest BCUT2D eigenvalue weighted by Crippen LogP contribution is -2.14. The van der Waals surface area contributed by atoms with Gasteiger partial charge < -0.3 is 5.21 Å². The zero-order valence-electron chi connectivity index (χ0n) is 8.60. The van der Waals surface area contributed by atoms with E-state index in [1.807, 2.05) is 19.9 Å². The molecule has 0 aromatic carbocycles. The van der Waals surface area contributed by atoms with Crippen LogP contribution >= 0.6 is 0 Å². The van der Waals surface area contributed by atoms with Gasteiger partial charge in [-0.25, -0.2) is 4.98 Å². The van der Waals surface area contributed by atoms with Crippen LogP contribution in [0.4, 0.5) is 0 Å². The molecule has 2 aliphatic heterocycles. The highest BCUT2D eigenvalue weighted by molar-refractivity contribution is 5.65. The van der Waals surface area contributed by atoms with Crippen molar-refractivity contribution in [2.45, 2.75) is 19.3 Å². The van der Waals surface area contributed by atoms with E-state index >= 15 is 0 Å². The van der Waals surface area contributed by atoms with Crippen LogP contribution in [0.25, 0.3) is 11.4 Å². The Morgan fingerprint density at radius 2 is 2.27 bits per heavy atom. The molecule has 0 amide bonds. The monoisotopic (exact) mass is 201 g/mol. The standard InChI is InChI=1S/C11H11N3O/c1-11(2,7-12)9-6-13-10-8(9)4-3-5-14(10)15/h3-6,15H,1-2H3. The first-order chi connectivity index (χ1) is 7.06. The Labute approximate surface area is 87.7 Å². The Morgan fingerprint density at radius 3 is 2.93 bits per heavy atom. The molecule has 0 bridgehead atoms. The molecule has 15 heavy (non-hydrogen) atoms. The summed E-state index contributed by atoms with van der Waals surface area (Å²) in [5, 5.41) is 18.5. The number of nitrogens with zero attached hydrogens (tertiary/aromatic N) is 3. The summed E-state index contributed by atoms with van der Waals surface area (Å²) in [6.07, 6.45) is 3.15. The normalized spacial score (nSPS) is 11.5. The second-order valence-corrected chi connectivity index (χ2v) is 4.00. The van der Waals surface area contributed by atoms with E-state index in [0.717, 1.165) is 15.9 Å². The zero-order chi connectivity index (χ0) is 11.1. The first-order valence-corrected chi connectivity index (χ1v) is 4.63. The van der Waals surface area contributed by atoms with Crippen LogP contribution in [0.3, 0.4) is 0 Å². The van der Waals surface area contributed by atoms with Crippen LogP contribution in [-0.4, -0.2) is 14.9 Å². The summed E-state index contributed by atoms with van der Waals surface area (Å²) >= 11 is 0. The van der Waals surface area contributed by atoms with Gasteiger partial charge in [0, 0.05) is 23.5 Å². The van der Waals surface area contributed by atoms with Gasteiger partial charge in [-0.2, -0.15) is 9.99 Å². The zero-order valence-corrected chi connectivity index (χ0v) is 8.60. The molecule has 4 heteroatoms. The van der Waals surface area contributed by atoms with E-state index in [2.05, 4.69) is 11.1 Å². The van der Waals surface area contributed by atoms with E-state index in [1.54, 1.807) is 12.3 Å². The largest absolute Gasteiger partial charge is 0.427 e. The topological polar surface area (TPSA) is 61.8 Å². The molecule has 0 fully saturated rings. The molecule has 0 unspecified atom stereocenters. The van der Waals surface area contributed by atoms with Crippen LogP contribution in [0.1, 0.15) is 19.4 Å². The van der Waals surface area contributed by atoms with Crippen molar-refractivity contribution < 1.29 is 5.21 Å². The minimum Gasteiger partial charge on any atom is -0.427 e. The van der Waals surface area contributed by atoms with Crippen LogP contribution in [-0.2, 0) is 5.41 Å². The van der Waals surface area contributed by atoms with Crippen LogP contribution in [0.2, 0.25) is 0 Å². The summed E-state index contributed by atoms with van der Waals surface area (Å²) < 4.78 is 0.965. The second kappa shape index (κ2) is 2.99. The third-order valence-corrected chi connectivity index (χ3v) is 2.51. The summed E-state index contributed by atoms with van der Waals surface area (Å²) in [5.74, 6) is 0.482. The maximum atomic E-state index is 9.49. The van der Waals surface area contributed by atoms with Crippen LogP contribution in [0.15, 0.2) is 24.5 Å². The number of hydrogen-bond acceptors (Lipinski definition) is 3. The minimum atomic E-state index is -0.594. The number of nitriles is 1. The Morgan fingerprint density at radius 1 is 1.53 bits per heavy atom. The molecular weight excluding hydrogens is 190 g/mol. The fraction of sp³-hybridized carbons (Fsp3) is 0.273. The third kappa shape index (κ3) is 1.33. The lowest BCUT2D eigenvalue weighted by molar-refractivity contribution is 0.186. The highest BCUT2D eigenvalue weighted by Crippen LogP contribution is 2.33. The summed E-state index contributed by atoms with van der Waals surface area (Å²) in [4.78, 5) is 4.09. The first-order valence-electron chi connectivity index (χ1n) is 4.63. The fourth-order valence-corrected chi connectivity index (χ4v) is 1.58. The maximum absolute atomic E-state index is 9.49. The molecule has 0 saturated carbocycles. The highest BCUT2D eigenvalue weighted by atomic mass is 16.5. The molecule has 2 heterocycles. The van der Waals surface area contributed by atoms with E-state index < -0.39 is 5.41 Å². The molecule has 0 aliphatic carbocycles. The Balaban J connectivity index is 2.66. The number of hydrogen-bond donors (Lipinski definition) is 1. The second-order valence-electron chi connectivity index (χ2n) is 4.00. The average Bonchev–Trinajstić information content (AvgIpc) is 2.63. The van der Waals surface area contributed by atoms with Gasteiger partial charge in [0.15, 0.2) is 5.82 Å². The minimum absolute atomic E-state index is 0.482. The van der Waals surface area contributed by atoms with Gasteiger partial charge in [-0.15, -0.1) is 0 Å². The molecule has 2 rings (SSSR count). The van der Waals surface area contributed by atoms with Crippen LogP contribution < -0.4 is 0 Å². The third-order valence-electron chi connectivity index (χ3n) is 2.51. The summed E-state index contributed by atoms with van der Waals surface area (Å²) in [5.41, 5.74) is 1.05. The molecule has 76 valence electrons. The molecule has 0 aromatic heterocycles. The predicted molar refractivity (Wildman–Crippen MR) is 54.7 cm³/mol. The molecule has 0 spiro atoms. The quantitative estimate of drug-likeness (QED) is 0.718. The van der Waals surface area contributed by atoms with Gasteiger partial charge in [0.25, 0.3) is 0 Å². The van der Waals surface area contributed by atoms with E-state index in [4.69, 9.17) is 5.26 Å². The lowest BCUT2D eigenvalue weighted by Gasteiger charge is -2.15. The molecule has 4 nitrogen and oxygen atoms in total. The van der Waals surface area contributed by atoms with Gasteiger partial charge in [-0.3, -0.25) is 0 Å². The first kappa shape index (κ1) is 9.53. The lowest BCUT2D eigenvalue weighted by atomic mass is 9.85. The van der Waals surface area contributed by atoms with E-state index in [9.17, 15) is 5.21 Å². The Hall–Kier alpha value is -2.02. The number of fused-ring (bicyclic) bond motifs is 1. The molecule has 0 radical (unpaired) electrons. The Kier molecular flexibility index (Phi) is 1.90. The van der Waals surface area contributed by atoms with Crippen molar-refractivity contribution in [1.29, 1.82) is 5.26 Å². The van der Waals surface area contributed by atoms with Crippen molar-refractivity contribution in [2.24, 2.45) is 0 Å². The predicted octanol–water partition coefficient (Wildman–Crippen LogP) is 2.03. The summed E-state index contributed by atoms with van der Waals surface area (Å²) in [6.45, 7) is 3.66. The summed E-state index contributed by atoms with van der Waals surface area (Å²) in [6, 6.07) is 5.80. The van der Waals surface area contributed by atoms with Crippen LogP contribution in [0, 0.1) is 11.3 Å². The Bertz CT molecular complexity index is 507. The summed E-state index contributed by atoms with van der Waals surface area (Å²) in [7, 11) is 0. The van der Waals surface area contributed by atoms with Crippen molar-refractivity contribution in [3.8, 4) is 17.5 Å². The van der Waals surface area contributed by atoms with Gasteiger partial charge in [-0.05, 0) is 26.0 Å². The average molecular weight is 201 g/mol. The van der Waals surface area contributed by atoms with Crippen molar-refractivity contribution >= 4 is 0 Å². The van der Waals surface area contributed by atoms with Gasteiger partial charge in [0.2, 0.25) is 0 Å². The smallest absolute Gasteiger partial charge is 0.175 e. The van der Waals surface area contributed by atoms with Gasteiger partial charge in [-0.1, -0.05) is 0 Å². The molecule has 2 aliphatic rings. The highest BCUT2D eigenvalue weighted by Gasteiger charge is 2.27. The molecule has 0 saturated heterocycles. The van der Waals surface area contributed by atoms with Crippen LogP contribution in [0.5, 0.6) is 0 Å². The molecule has 0 atom stereocenters. The van der Waals surface area contributed by atoms with E-state index in [-0.39, 0.29) is 0 Å². The van der Waals surface area contributed by atoms with Gasteiger partial charge in [0.05, 0.1) is 11.5 Å². The number of pyridine rings is 1. The van der Waals surface area contributed by atoms with Crippen molar-refractivity contribution in [1.82, 2.24) is 9.71 Å². The van der Waals surface area contributed by atoms with Gasteiger partial charge in [0.1, 0.15) is 0 Å². The van der Waals surface area contributed by atoms with Gasteiger partial charge >= 0.3 is 0 Å². The number of rotatable bonds is 1. The molecular formula is C11H11N3O. The maximum Gasteiger partial charge on any atom is 0.175 e. The van der Waals surface area contributed by atoms with Crippen molar-refractivity contribution in [2.75, 3.05) is 0 Å². The van der Waals surface area contributed by atoms with Crippen molar-refractivity contribution in [3.05, 3.63) is 30.1 Å². The SMILES string of the molecule is CC(C)(C#N)c1cnc2n(O)cccc1-2. The van der Waals surface area contributed by atoms with Crippen molar-refractivity contribution in [3.63, 3.8) is 0 Å². The van der Waals surface area contributed by atoms with E-state index in [1.165, 1.54) is 6.20 Å². The molecule has 1 N–H and O–H groups in total. The molecule has 0 aromatic rings.